The molecular weight excluding hydrogens is 272 g/mol. The van der Waals surface area contributed by atoms with Crippen molar-refractivity contribution < 1.29 is 14.4 Å². The molecule has 0 aromatic rings. The molecule has 3 amide bonds. The molecule has 0 atom stereocenters. The van der Waals surface area contributed by atoms with E-state index >= 15 is 0 Å². The third kappa shape index (κ3) is 4.70. The normalized spacial score (nSPS) is 19.2. The summed E-state index contributed by atoms with van der Waals surface area (Å²) in [7, 11) is 0. The fraction of sp³-hybridized carbons (Fsp3) is 0.786. The van der Waals surface area contributed by atoms with Crippen molar-refractivity contribution in [1.82, 2.24) is 20.4 Å². The van der Waals surface area contributed by atoms with E-state index in [1.54, 1.807) is 4.90 Å². The lowest BCUT2D eigenvalue weighted by molar-refractivity contribution is -0.145. The van der Waals surface area contributed by atoms with Crippen LogP contribution in [0.15, 0.2) is 0 Å². The minimum Gasteiger partial charge on any atom is -0.347 e. The van der Waals surface area contributed by atoms with Crippen molar-refractivity contribution in [2.24, 2.45) is 0 Å². The van der Waals surface area contributed by atoms with E-state index in [-0.39, 0.29) is 18.9 Å². The predicted octanol–water partition coefficient (Wildman–Crippen LogP) is -1.06. The van der Waals surface area contributed by atoms with Gasteiger partial charge in [-0.2, -0.15) is 0 Å². The van der Waals surface area contributed by atoms with Gasteiger partial charge in [0, 0.05) is 45.7 Å². The fourth-order valence-electron chi connectivity index (χ4n) is 2.68. The molecule has 0 spiro atoms. The Morgan fingerprint density at radius 2 is 1.62 bits per heavy atom. The summed E-state index contributed by atoms with van der Waals surface area (Å²) < 4.78 is 0. The van der Waals surface area contributed by atoms with E-state index in [4.69, 9.17) is 0 Å². The van der Waals surface area contributed by atoms with Crippen LogP contribution in [0.4, 0.5) is 0 Å². The van der Waals surface area contributed by atoms with Crippen LogP contribution in [0.25, 0.3) is 0 Å². The van der Waals surface area contributed by atoms with Gasteiger partial charge in [0.25, 0.3) is 0 Å². The zero-order valence-electron chi connectivity index (χ0n) is 12.4. The summed E-state index contributed by atoms with van der Waals surface area (Å²) in [6.07, 6.45) is 3.23. The number of carbonyl (C=O) groups is 3. The highest BCUT2D eigenvalue weighted by atomic mass is 16.2. The number of nitrogens with zero attached hydrogens (tertiary/aromatic N) is 2. The predicted molar refractivity (Wildman–Crippen MR) is 77.5 cm³/mol. The van der Waals surface area contributed by atoms with Gasteiger partial charge >= 0.3 is 11.8 Å². The maximum Gasteiger partial charge on any atom is 0.311 e. The largest absolute Gasteiger partial charge is 0.347 e. The van der Waals surface area contributed by atoms with Gasteiger partial charge in [-0.05, 0) is 25.8 Å². The maximum absolute atomic E-state index is 12.0. The molecule has 2 heterocycles. The van der Waals surface area contributed by atoms with Crippen LogP contribution in [-0.4, -0.2) is 73.3 Å². The summed E-state index contributed by atoms with van der Waals surface area (Å²) in [5.41, 5.74) is 0. The average molecular weight is 296 g/mol. The molecule has 0 unspecified atom stereocenters. The molecule has 0 aromatic heterocycles. The summed E-state index contributed by atoms with van der Waals surface area (Å²) in [5.74, 6) is -1.04. The van der Waals surface area contributed by atoms with Gasteiger partial charge < -0.3 is 20.4 Å². The molecule has 2 fully saturated rings. The SMILES string of the molecule is O=C(NCCC(=O)N1CCCC1)C(=O)N1CCCNCC1. The fourth-order valence-corrected chi connectivity index (χ4v) is 2.68. The Balaban J connectivity index is 1.68. The van der Waals surface area contributed by atoms with E-state index in [1.165, 1.54) is 0 Å². The molecule has 0 saturated carbocycles. The first-order chi connectivity index (χ1) is 10.2. The molecule has 2 rings (SSSR count). The van der Waals surface area contributed by atoms with Crippen molar-refractivity contribution in [1.29, 1.82) is 0 Å². The van der Waals surface area contributed by atoms with E-state index in [9.17, 15) is 14.4 Å². The van der Waals surface area contributed by atoms with Crippen LogP contribution < -0.4 is 10.6 Å². The van der Waals surface area contributed by atoms with Gasteiger partial charge in [-0.15, -0.1) is 0 Å². The number of rotatable bonds is 3. The number of likely N-dealkylation sites (tertiary alicyclic amines) is 1. The second-order valence-corrected chi connectivity index (χ2v) is 5.49. The molecule has 0 aliphatic carbocycles. The van der Waals surface area contributed by atoms with Crippen molar-refractivity contribution in [3.8, 4) is 0 Å². The molecule has 7 nitrogen and oxygen atoms in total. The van der Waals surface area contributed by atoms with Crippen molar-refractivity contribution in [3.05, 3.63) is 0 Å². The van der Waals surface area contributed by atoms with Gasteiger partial charge in [-0.3, -0.25) is 14.4 Å². The quantitative estimate of drug-likeness (QED) is 0.650. The van der Waals surface area contributed by atoms with Gasteiger partial charge in [0.05, 0.1) is 0 Å². The first kappa shape index (κ1) is 15.8. The molecule has 21 heavy (non-hydrogen) atoms. The van der Waals surface area contributed by atoms with Crippen molar-refractivity contribution in [2.75, 3.05) is 45.8 Å². The Morgan fingerprint density at radius 1 is 0.905 bits per heavy atom. The van der Waals surface area contributed by atoms with E-state index in [2.05, 4.69) is 10.6 Å². The van der Waals surface area contributed by atoms with E-state index < -0.39 is 11.8 Å². The first-order valence-corrected chi connectivity index (χ1v) is 7.74. The average Bonchev–Trinajstić information content (AvgIpc) is 2.89. The Hall–Kier alpha value is -1.63. The molecule has 0 radical (unpaired) electrons. The van der Waals surface area contributed by atoms with Crippen molar-refractivity contribution in [3.63, 3.8) is 0 Å². The zero-order valence-corrected chi connectivity index (χ0v) is 12.4. The van der Waals surface area contributed by atoms with Crippen LogP contribution in [-0.2, 0) is 14.4 Å². The third-order valence-corrected chi connectivity index (χ3v) is 3.90. The molecular formula is C14H24N4O3. The summed E-state index contributed by atoms with van der Waals surface area (Å²) in [6, 6.07) is 0. The monoisotopic (exact) mass is 296 g/mol. The molecule has 7 heteroatoms. The number of hydrogen-bond acceptors (Lipinski definition) is 4. The number of carbonyl (C=O) groups excluding carboxylic acids is 3. The van der Waals surface area contributed by atoms with Crippen LogP contribution in [0.5, 0.6) is 0 Å². The van der Waals surface area contributed by atoms with Crippen molar-refractivity contribution >= 4 is 17.7 Å². The zero-order chi connectivity index (χ0) is 15.1. The minimum absolute atomic E-state index is 0.0548. The van der Waals surface area contributed by atoms with E-state index in [0.717, 1.165) is 38.9 Å². The highest BCUT2D eigenvalue weighted by molar-refractivity contribution is 6.35. The smallest absolute Gasteiger partial charge is 0.311 e. The second-order valence-electron chi connectivity index (χ2n) is 5.49. The van der Waals surface area contributed by atoms with Crippen LogP contribution in [0.2, 0.25) is 0 Å². The first-order valence-electron chi connectivity index (χ1n) is 7.74. The standard InChI is InChI=1S/C14H24N4O3/c19-12(17-8-1-2-9-17)4-6-16-13(20)14(21)18-10-3-5-15-7-11-18/h15H,1-11H2,(H,16,20). The summed E-state index contributed by atoms with van der Waals surface area (Å²) in [4.78, 5) is 39.0. The van der Waals surface area contributed by atoms with E-state index in [1.807, 2.05) is 4.90 Å². The van der Waals surface area contributed by atoms with Gasteiger partial charge in [0.1, 0.15) is 0 Å². The van der Waals surface area contributed by atoms with Crippen LogP contribution >= 0.6 is 0 Å². The van der Waals surface area contributed by atoms with Crippen LogP contribution in [0, 0.1) is 0 Å². The number of hydrogen-bond donors (Lipinski definition) is 2. The van der Waals surface area contributed by atoms with Crippen molar-refractivity contribution in [2.45, 2.75) is 25.7 Å². The third-order valence-electron chi connectivity index (χ3n) is 3.90. The Morgan fingerprint density at radius 3 is 2.38 bits per heavy atom. The lowest BCUT2D eigenvalue weighted by Crippen LogP contribution is -2.45. The maximum atomic E-state index is 12.0. The van der Waals surface area contributed by atoms with Gasteiger partial charge in [0.2, 0.25) is 5.91 Å². The molecule has 0 aromatic carbocycles. The number of nitrogens with one attached hydrogen (secondary N) is 2. The Kier molecular flexibility index (Phi) is 5.98. The van der Waals surface area contributed by atoms with Crippen LogP contribution in [0.1, 0.15) is 25.7 Å². The topological polar surface area (TPSA) is 81.8 Å². The molecule has 2 saturated heterocycles. The molecule has 2 aliphatic heterocycles. The molecule has 2 N–H and O–H groups in total. The molecule has 2 aliphatic rings. The lowest BCUT2D eigenvalue weighted by Gasteiger charge is -2.19. The van der Waals surface area contributed by atoms with Gasteiger partial charge in [0.15, 0.2) is 0 Å². The summed E-state index contributed by atoms with van der Waals surface area (Å²) in [5, 5.41) is 5.74. The Labute approximate surface area is 125 Å². The lowest BCUT2D eigenvalue weighted by atomic mass is 10.3. The highest BCUT2D eigenvalue weighted by Crippen LogP contribution is 2.08. The van der Waals surface area contributed by atoms with Crippen LogP contribution in [0.3, 0.4) is 0 Å². The van der Waals surface area contributed by atoms with Gasteiger partial charge in [-0.1, -0.05) is 0 Å². The molecule has 118 valence electrons. The number of amides is 3. The minimum atomic E-state index is -0.605. The second kappa shape index (κ2) is 7.97. The summed E-state index contributed by atoms with van der Waals surface area (Å²) in [6.45, 7) is 4.60. The Bertz CT molecular complexity index is 386. The van der Waals surface area contributed by atoms with E-state index in [0.29, 0.717) is 19.6 Å². The molecule has 0 bridgehead atoms. The van der Waals surface area contributed by atoms with Gasteiger partial charge in [-0.25, -0.2) is 0 Å². The summed E-state index contributed by atoms with van der Waals surface area (Å²) >= 11 is 0. The highest BCUT2D eigenvalue weighted by Gasteiger charge is 2.23.